The van der Waals surface area contributed by atoms with Gasteiger partial charge < -0.3 is 24.4 Å². The van der Waals surface area contributed by atoms with Gasteiger partial charge in [-0.05, 0) is 56.1 Å². The molecular weight excluding hydrogens is 366 g/mol. The lowest BCUT2D eigenvalue weighted by atomic mass is 10.1. The third-order valence-electron chi connectivity index (χ3n) is 4.60. The van der Waals surface area contributed by atoms with E-state index in [1.807, 2.05) is 42.5 Å². The first kappa shape index (κ1) is 19.1. The molecule has 2 aromatic carbocycles. The van der Waals surface area contributed by atoms with Gasteiger partial charge in [0, 0.05) is 17.8 Å². The molecule has 150 valence electrons. The van der Waals surface area contributed by atoms with Gasteiger partial charge in [-0.3, -0.25) is 0 Å². The fourth-order valence-corrected chi connectivity index (χ4v) is 3.38. The van der Waals surface area contributed by atoms with Crippen molar-refractivity contribution in [1.82, 2.24) is 9.88 Å². The third kappa shape index (κ3) is 4.27. The number of fused-ring (bicyclic) bond motifs is 1. The number of ether oxygens (including phenoxy) is 3. The molecule has 6 heteroatoms. The number of pyridine rings is 1. The van der Waals surface area contributed by atoms with Gasteiger partial charge in [0.05, 0.1) is 12.8 Å². The molecule has 0 spiro atoms. The molecule has 1 N–H and O–H groups in total. The quantitative estimate of drug-likeness (QED) is 0.675. The smallest absolute Gasteiger partial charge is 0.238 e. The zero-order chi connectivity index (χ0) is 20.2. The topological polar surface area (TPSA) is 55.9 Å². The molecule has 6 nitrogen and oxygen atoms in total. The molecule has 3 aromatic rings. The van der Waals surface area contributed by atoms with E-state index in [-0.39, 0.29) is 0 Å². The minimum atomic E-state index is 0.523. The summed E-state index contributed by atoms with van der Waals surface area (Å²) in [6.07, 6.45) is 0. The van der Waals surface area contributed by atoms with Crippen molar-refractivity contribution in [1.29, 1.82) is 0 Å². The lowest BCUT2D eigenvalue weighted by Gasteiger charge is -2.21. The van der Waals surface area contributed by atoms with Gasteiger partial charge >= 0.3 is 0 Å². The van der Waals surface area contributed by atoms with Crippen molar-refractivity contribution in [2.24, 2.45) is 0 Å². The maximum absolute atomic E-state index is 5.83. The lowest BCUT2D eigenvalue weighted by molar-refractivity contribution is 0.172. The van der Waals surface area contributed by atoms with E-state index in [4.69, 9.17) is 19.2 Å². The van der Waals surface area contributed by atoms with Crippen LogP contribution in [0.3, 0.4) is 0 Å². The van der Waals surface area contributed by atoms with Crippen LogP contribution >= 0.6 is 0 Å². The average Bonchev–Trinajstić information content (AvgIpc) is 2.73. The predicted octanol–water partition coefficient (Wildman–Crippen LogP) is 4.33. The zero-order valence-corrected chi connectivity index (χ0v) is 16.9. The van der Waals surface area contributed by atoms with Gasteiger partial charge in [0.25, 0.3) is 0 Å². The van der Waals surface area contributed by atoms with Crippen LogP contribution in [0.4, 0.5) is 11.4 Å². The summed E-state index contributed by atoms with van der Waals surface area (Å²) in [5.74, 6) is 2.00. The number of anilines is 2. The summed E-state index contributed by atoms with van der Waals surface area (Å²) in [6.45, 7) is 1.97. The van der Waals surface area contributed by atoms with Crippen LogP contribution in [-0.2, 0) is 6.54 Å². The SMILES string of the molecule is COc1nc(-c2cccc3c2OCCO3)ccc1Nc1cccc(CN(C)C)c1. The molecule has 0 fully saturated rings. The predicted molar refractivity (Wildman–Crippen MR) is 114 cm³/mol. The van der Waals surface area contributed by atoms with Crippen molar-refractivity contribution in [2.45, 2.75) is 6.54 Å². The first-order chi connectivity index (χ1) is 14.1. The van der Waals surface area contributed by atoms with Crippen LogP contribution in [0.15, 0.2) is 54.6 Å². The van der Waals surface area contributed by atoms with Gasteiger partial charge in [0.15, 0.2) is 11.5 Å². The number of rotatable bonds is 6. The number of nitrogens with one attached hydrogen (secondary N) is 1. The Morgan fingerprint density at radius 2 is 1.86 bits per heavy atom. The summed E-state index contributed by atoms with van der Waals surface area (Å²) in [4.78, 5) is 6.85. The number of hydrogen-bond acceptors (Lipinski definition) is 6. The van der Waals surface area contributed by atoms with Crippen LogP contribution in [0.1, 0.15) is 5.56 Å². The van der Waals surface area contributed by atoms with E-state index in [2.05, 4.69) is 36.4 Å². The van der Waals surface area contributed by atoms with Gasteiger partial charge in [-0.15, -0.1) is 0 Å². The molecule has 0 saturated heterocycles. The molecule has 2 heterocycles. The highest BCUT2D eigenvalue weighted by Gasteiger charge is 2.18. The molecule has 1 aliphatic rings. The Balaban J connectivity index is 1.63. The number of aromatic nitrogens is 1. The maximum atomic E-state index is 5.83. The van der Waals surface area contributed by atoms with Crippen LogP contribution in [0.25, 0.3) is 11.3 Å². The second kappa shape index (κ2) is 8.41. The molecule has 1 aliphatic heterocycles. The number of hydrogen-bond donors (Lipinski definition) is 1. The molecule has 0 unspecified atom stereocenters. The van der Waals surface area contributed by atoms with Crippen molar-refractivity contribution in [3.05, 3.63) is 60.2 Å². The Bertz CT molecular complexity index is 1000. The van der Waals surface area contributed by atoms with E-state index in [0.717, 1.165) is 40.7 Å². The summed E-state index contributed by atoms with van der Waals surface area (Å²) in [5.41, 5.74) is 4.69. The average molecular weight is 391 g/mol. The highest BCUT2D eigenvalue weighted by Crippen LogP contribution is 2.40. The van der Waals surface area contributed by atoms with Crippen LogP contribution < -0.4 is 19.5 Å². The van der Waals surface area contributed by atoms with Crippen molar-refractivity contribution >= 4 is 11.4 Å². The Morgan fingerprint density at radius 1 is 1.03 bits per heavy atom. The van der Waals surface area contributed by atoms with Gasteiger partial charge in [-0.25, -0.2) is 4.98 Å². The molecule has 29 heavy (non-hydrogen) atoms. The van der Waals surface area contributed by atoms with Crippen molar-refractivity contribution < 1.29 is 14.2 Å². The second-order valence-corrected chi connectivity index (χ2v) is 7.15. The summed E-state index contributed by atoms with van der Waals surface area (Å²) in [6, 6.07) is 18.1. The van der Waals surface area contributed by atoms with Crippen molar-refractivity contribution in [3.63, 3.8) is 0 Å². The van der Waals surface area contributed by atoms with E-state index >= 15 is 0 Å². The Morgan fingerprint density at radius 3 is 2.69 bits per heavy atom. The van der Waals surface area contributed by atoms with Gasteiger partial charge in [0.2, 0.25) is 5.88 Å². The van der Waals surface area contributed by atoms with E-state index in [1.54, 1.807) is 7.11 Å². The van der Waals surface area contributed by atoms with E-state index in [1.165, 1.54) is 5.56 Å². The summed E-state index contributed by atoms with van der Waals surface area (Å²) in [7, 11) is 5.74. The number of para-hydroxylation sites is 1. The van der Waals surface area contributed by atoms with Gasteiger partial charge in [-0.1, -0.05) is 18.2 Å². The Kier molecular flexibility index (Phi) is 5.53. The first-order valence-electron chi connectivity index (χ1n) is 9.59. The fraction of sp³-hybridized carbons (Fsp3) is 0.261. The van der Waals surface area contributed by atoms with Crippen LogP contribution in [0.5, 0.6) is 17.4 Å². The largest absolute Gasteiger partial charge is 0.486 e. The standard InChI is InChI=1S/C23H25N3O3/c1-26(2)15-16-6-4-7-17(14-16)24-20-11-10-19(25-23(20)27-3)18-8-5-9-21-22(18)29-13-12-28-21/h4-11,14,24H,12-13,15H2,1-3H3. The highest BCUT2D eigenvalue weighted by molar-refractivity contribution is 5.74. The molecule has 0 amide bonds. The normalized spacial score (nSPS) is 12.7. The summed E-state index contributed by atoms with van der Waals surface area (Å²) < 4.78 is 17.1. The van der Waals surface area contributed by atoms with E-state index < -0.39 is 0 Å². The van der Waals surface area contributed by atoms with Crippen molar-refractivity contribution in [2.75, 3.05) is 39.7 Å². The Labute approximate surface area is 171 Å². The number of benzene rings is 2. The van der Waals surface area contributed by atoms with E-state index in [0.29, 0.717) is 19.1 Å². The van der Waals surface area contributed by atoms with Gasteiger partial charge in [-0.2, -0.15) is 0 Å². The van der Waals surface area contributed by atoms with Gasteiger partial charge in [0.1, 0.15) is 18.9 Å². The first-order valence-corrected chi connectivity index (χ1v) is 9.59. The minimum absolute atomic E-state index is 0.523. The molecule has 0 saturated carbocycles. The molecule has 0 radical (unpaired) electrons. The molecule has 1 aromatic heterocycles. The Hall–Kier alpha value is -3.25. The fourth-order valence-electron chi connectivity index (χ4n) is 3.38. The minimum Gasteiger partial charge on any atom is -0.486 e. The van der Waals surface area contributed by atoms with Crippen molar-refractivity contribution in [3.8, 4) is 28.6 Å². The molecule has 0 aliphatic carbocycles. The molecule has 0 bridgehead atoms. The summed E-state index contributed by atoms with van der Waals surface area (Å²) in [5, 5.41) is 3.42. The number of nitrogens with zero attached hydrogens (tertiary/aromatic N) is 2. The lowest BCUT2D eigenvalue weighted by Crippen LogP contribution is -2.16. The molecule has 4 rings (SSSR count). The zero-order valence-electron chi connectivity index (χ0n) is 16.9. The van der Waals surface area contributed by atoms with Crippen LogP contribution in [-0.4, -0.2) is 44.3 Å². The highest BCUT2D eigenvalue weighted by atomic mass is 16.6. The van der Waals surface area contributed by atoms with E-state index in [9.17, 15) is 0 Å². The summed E-state index contributed by atoms with van der Waals surface area (Å²) >= 11 is 0. The van der Waals surface area contributed by atoms with Crippen LogP contribution in [0, 0.1) is 0 Å². The maximum Gasteiger partial charge on any atom is 0.238 e. The van der Waals surface area contributed by atoms with Crippen LogP contribution in [0.2, 0.25) is 0 Å². The third-order valence-corrected chi connectivity index (χ3v) is 4.60. The molecule has 0 atom stereocenters. The molecular formula is C23H25N3O3. The monoisotopic (exact) mass is 391 g/mol. The number of methoxy groups -OCH3 is 1. The second-order valence-electron chi connectivity index (χ2n) is 7.15.